The molecule has 14 heteroatoms. The van der Waals surface area contributed by atoms with Crippen LogP contribution >= 0.6 is 0 Å². The summed E-state index contributed by atoms with van der Waals surface area (Å²) < 4.78 is 22.7. The third kappa shape index (κ3) is 7.72. The van der Waals surface area contributed by atoms with Crippen LogP contribution in [-0.2, 0) is 0 Å². The number of pyridine rings is 2. The molecule has 4 aromatic heterocycles. The number of aromatic nitrogens is 6. The number of nitrogens with zero attached hydrogens (tertiary/aromatic N) is 4. The number of aromatic amines is 2. The Kier molecular flexibility index (Phi) is 10.1. The van der Waals surface area contributed by atoms with Gasteiger partial charge in [-0.05, 0) is 84.9 Å². The number of hydrogen-bond acceptors (Lipinski definition) is 10. The maximum atomic E-state index is 11.4. The van der Waals surface area contributed by atoms with Crippen molar-refractivity contribution in [2.75, 3.05) is 26.4 Å². The highest BCUT2D eigenvalue weighted by atomic mass is 16.6. The lowest BCUT2D eigenvalue weighted by Crippen LogP contribution is -2.15. The Morgan fingerprint density at radius 1 is 0.467 bits per heavy atom. The molecule has 0 fully saturated rings. The minimum atomic E-state index is -0.466. The zero-order valence-electron chi connectivity index (χ0n) is 31.9. The van der Waals surface area contributed by atoms with E-state index in [2.05, 4.69) is 19.9 Å². The molecule has 4 aromatic carbocycles. The average Bonchev–Trinajstić information content (AvgIpc) is 3.96. The Morgan fingerprint density at radius 2 is 0.850 bits per heavy atom. The summed E-state index contributed by atoms with van der Waals surface area (Å²) in [5, 5.41) is 0. The van der Waals surface area contributed by atoms with Gasteiger partial charge in [0.25, 0.3) is 0 Å². The van der Waals surface area contributed by atoms with E-state index in [9.17, 15) is 9.59 Å². The fraction of sp³-hybridized carbons (Fsp3) is 0.0870. The molecule has 2 aliphatic heterocycles. The summed E-state index contributed by atoms with van der Waals surface area (Å²) in [6.45, 7) is 2.11. The number of ether oxygens (including phenoxy) is 4. The Bertz CT molecular complexity index is 2630. The Morgan fingerprint density at radius 3 is 1.22 bits per heavy atom. The van der Waals surface area contributed by atoms with Gasteiger partial charge in [-0.3, -0.25) is 19.6 Å². The number of H-pyrrole nitrogens is 2. The van der Waals surface area contributed by atoms with Crippen LogP contribution in [0.2, 0.25) is 0 Å². The molecule has 0 radical (unpaired) electrons. The molecule has 0 atom stereocenters. The summed E-state index contributed by atoms with van der Waals surface area (Å²) in [5.41, 5.74) is 19.7. The average molecular weight is 797 g/mol. The Hall–Kier alpha value is -8.26. The van der Waals surface area contributed by atoms with Crippen molar-refractivity contribution in [3.8, 4) is 91.1 Å². The van der Waals surface area contributed by atoms with E-state index in [0.29, 0.717) is 60.7 Å². The Balaban J connectivity index is 0.000000154. The fourth-order valence-electron chi connectivity index (χ4n) is 6.80. The van der Waals surface area contributed by atoms with Crippen molar-refractivity contribution in [1.82, 2.24) is 29.9 Å². The summed E-state index contributed by atoms with van der Waals surface area (Å²) in [4.78, 5) is 48.1. The van der Waals surface area contributed by atoms with Crippen LogP contribution in [0.15, 0.2) is 134 Å². The lowest BCUT2D eigenvalue weighted by atomic mass is 10.1. The number of primary amides is 2. The molecule has 2 aliphatic rings. The maximum absolute atomic E-state index is 11.4. The van der Waals surface area contributed by atoms with E-state index in [1.54, 1.807) is 36.7 Å². The second-order valence-corrected chi connectivity index (χ2v) is 13.6. The zero-order valence-corrected chi connectivity index (χ0v) is 31.9. The van der Waals surface area contributed by atoms with Gasteiger partial charge in [0.2, 0.25) is 11.8 Å². The zero-order chi connectivity index (χ0) is 41.0. The first-order valence-corrected chi connectivity index (χ1v) is 19.0. The second kappa shape index (κ2) is 16.3. The highest BCUT2D eigenvalue weighted by molar-refractivity contribution is 5.94. The van der Waals surface area contributed by atoms with E-state index in [4.69, 9.17) is 40.4 Å². The van der Waals surface area contributed by atoms with Crippen LogP contribution in [0.1, 0.15) is 20.7 Å². The summed E-state index contributed by atoms with van der Waals surface area (Å²) in [7, 11) is 0. The van der Waals surface area contributed by atoms with Crippen molar-refractivity contribution in [3.63, 3.8) is 0 Å². The van der Waals surface area contributed by atoms with Crippen molar-refractivity contribution in [1.29, 1.82) is 0 Å². The second-order valence-electron chi connectivity index (χ2n) is 13.6. The number of benzene rings is 4. The smallest absolute Gasteiger partial charge is 0.248 e. The van der Waals surface area contributed by atoms with Crippen molar-refractivity contribution in [2.45, 2.75) is 0 Å². The molecule has 0 saturated heterocycles. The quantitative estimate of drug-likeness (QED) is 0.120. The molecule has 296 valence electrons. The van der Waals surface area contributed by atoms with Crippen LogP contribution < -0.4 is 30.4 Å². The molecule has 6 heterocycles. The molecule has 6 N–H and O–H groups in total. The number of rotatable bonds is 8. The van der Waals surface area contributed by atoms with Crippen LogP contribution in [0, 0.1) is 0 Å². The van der Waals surface area contributed by atoms with Gasteiger partial charge in [0, 0.05) is 45.8 Å². The summed E-state index contributed by atoms with van der Waals surface area (Å²) in [5.74, 6) is 3.24. The van der Waals surface area contributed by atoms with Gasteiger partial charge in [-0.15, -0.1) is 0 Å². The van der Waals surface area contributed by atoms with E-state index >= 15 is 0 Å². The summed E-state index contributed by atoms with van der Waals surface area (Å²) in [6, 6.07) is 37.0. The van der Waals surface area contributed by atoms with Crippen LogP contribution in [-0.4, -0.2) is 68.1 Å². The van der Waals surface area contributed by atoms with E-state index in [1.807, 2.05) is 97.1 Å². The highest BCUT2D eigenvalue weighted by Gasteiger charge is 2.21. The van der Waals surface area contributed by atoms with Crippen LogP contribution in [0.4, 0.5) is 0 Å². The minimum absolute atomic E-state index is 0.447. The lowest BCUT2D eigenvalue weighted by molar-refractivity contribution is 0.0992. The number of nitrogens with two attached hydrogens (primary N) is 2. The number of carbonyl (C=O) groups is 2. The van der Waals surface area contributed by atoms with Gasteiger partial charge < -0.3 is 40.4 Å². The molecule has 0 saturated carbocycles. The molecular weight excluding hydrogens is 761 g/mol. The molecule has 2 amide bonds. The van der Waals surface area contributed by atoms with Crippen molar-refractivity contribution in [3.05, 3.63) is 145 Å². The van der Waals surface area contributed by atoms with Gasteiger partial charge >= 0.3 is 0 Å². The predicted molar refractivity (Wildman–Crippen MR) is 224 cm³/mol. The van der Waals surface area contributed by atoms with E-state index in [1.165, 1.54) is 0 Å². The van der Waals surface area contributed by atoms with Gasteiger partial charge in [-0.25, -0.2) is 9.97 Å². The summed E-state index contributed by atoms with van der Waals surface area (Å²) in [6.07, 6.45) is 3.48. The van der Waals surface area contributed by atoms with Crippen molar-refractivity contribution >= 4 is 11.8 Å². The molecular formula is C46H36N8O6. The van der Waals surface area contributed by atoms with E-state index in [-0.39, 0.29) is 0 Å². The number of hydrogen-bond donors (Lipinski definition) is 4. The fourth-order valence-corrected chi connectivity index (χ4v) is 6.80. The SMILES string of the molecule is NC(=O)c1ccc(-c2nc(-c3ccc4c(c3)OCCO4)c(-c3ccccn3)[nH]2)cc1.NC(=O)c1ccc(-c2nc(-c3ccc4c(c3)OCCO4)c(-c3ccccn3)[nH]2)cc1. The standard InChI is InChI=1S/2C23H18N4O3/c2*24-22(28)14-4-6-15(7-5-14)23-26-20(21(27-23)17-3-1-2-10-25-17)16-8-9-18-19(13-16)30-12-11-29-18/h2*1-10,13H,11-12H2,(H2,24,28)(H,26,27). The number of carbonyl (C=O) groups excluding carboxylic acids is 2. The predicted octanol–water partition coefficient (Wildman–Crippen LogP) is 7.35. The number of fused-ring (bicyclic) bond motifs is 2. The lowest BCUT2D eigenvalue weighted by Gasteiger charge is -2.18. The topological polar surface area (TPSA) is 206 Å². The Labute approximate surface area is 343 Å². The van der Waals surface area contributed by atoms with E-state index < -0.39 is 11.8 Å². The van der Waals surface area contributed by atoms with Crippen LogP contribution in [0.25, 0.3) is 68.1 Å². The van der Waals surface area contributed by atoms with Crippen molar-refractivity contribution in [2.24, 2.45) is 11.5 Å². The molecule has 0 spiro atoms. The molecule has 8 aromatic rings. The van der Waals surface area contributed by atoms with Gasteiger partial charge in [0.1, 0.15) is 38.1 Å². The number of amides is 2. The molecule has 14 nitrogen and oxygen atoms in total. The monoisotopic (exact) mass is 796 g/mol. The molecule has 0 bridgehead atoms. The van der Waals surface area contributed by atoms with Gasteiger partial charge in [0.05, 0.1) is 34.2 Å². The van der Waals surface area contributed by atoms with Gasteiger partial charge in [-0.2, -0.15) is 0 Å². The third-order valence-corrected chi connectivity index (χ3v) is 9.77. The normalized spacial score (nSPS) is 12.5. The third-order valence-electron chi connectivity index (χ3n) is 9.77. The number of imidazole rings is 2. The molecule has 10 rings (SSSR count). The first-order valence-electron chi connectivity index (χ1n) is 19.0. The van der Waals surface area contributed by atoms with Crippen LogP contribution in [0.5, 0.6) is 23.0 Å². The number of nitrogens with one attached hydrogen (secondary N) is 2. The summed E-state index contributed by atoms with van der Waals surface area (Å²) >= 11 is 0. The van der Waals surface area contributed by atoms with Crippen molar-refractivity contribution < 1.29 is 28.5 Å². The molecule has 60 heavy (non-hydrogen) atoms. The molecule has 0 aliphatic carbocycles. The largest absolute Gasteiger partial charge is 0.486 e. The van der Waals surface area contributed by atoms with Gasteiger partial charge in [0.15, 0.2) is 23.0 Å². The maximum Gasteiger partial charge on any atom is 0.248 e. The molecule has 0 unspecified atom stereocenters. The van der Waals surface area contributed by atoms with Gasteiger partial charge in [-0.1, -0.05) is 36.4 Å². The van der Waals surface area contributed by atoms with E-state index in [0.717, 1.165) is 67.9 Å². The minimum Gasteiger partial charge on any atom is -0.486 e. The highest BCUT2D eigenvalue weighted by Crippen LogP contribution is 2.40. The first kappa shape index (κ1) is 37.3. The van der Waals surface area contributed by atoms with Crippen LogP contribution in [0.3, 0.4) is 0 Å². The first-order chi connectivity index (χ1) is 29.4.